The standard InChI is InChI=1S/C15H15N3O3/c1-18(9-12-5-7-21-17-12)14(15(19)20)11-3-2-10-4-6-16-13(10)8-11/h2-8,14,16H,9H2,1H3,(H,19,20). The van der Waals surface area contributed by atoms with E-state index in [1.54, 1.807) is 18.0 Å². The maximum Gasteiger partial charge on any atom is 0.325 e. The number of H-pyrrole nitrogens is 1. The fourth-order valence-electron chi connectivity index (χ4n) is 2.49. The number of hydrogen-bond donors (Lipinski definition) is 2. The van der Waals surface area contributed by atoms with E-state index in [9.17, 15) is 9.90 Å². The monoisotopic (exact) mass is 285 g/mol. The average molecular weight is 285 g/mol. The van der Waals surface area contributed by atoms with Gasteiger partial charge in [-0.3, -0.25) is 9.69 Å². The van der Waals surface area contributed by atoms with Crippen LogP contribution in [-0.2, 0) is 11.3 Å². The summed E-state index contributed by atoms with van der Waals surface area (Å²) in [7, 11) is 1.76. The van der Waals surface area contributed by atoms with Crippen molar-refractivity contribution in [3.05, 3.63) is 54.0 Å². The second-order valence-electron chi connectivity index (χ2n) is 4.97. The van der Waals surface area contributed by atoms with E-state index in [4.69, 9.17) is 4.52 Å². The third-order valence-corrected chi connectivity index (χ3v) is 3.47. The molecule has 0 aliphatic rings. The maximum absolute atomic E-state index is 11.6. The van der Waals surface area contributed by atoms with Crippen LogP contribution in [0.3, 0.4) is 0 Å². The Labute approximate surface area is 121 Å². The van der Waals surface area contributed by atoms with Crippen molar-refractivity contribution in [1.82, 2.24) is 15.0 Å². The van der Waals surface area contributed by atoms with Gasteiger partial charge in [-0.05, 0) is 30.1 Å². The largest absolute Gasteiger partial charge is 0.480 e. The predicted molar refractivity (Wildman–Crippen MR) is 76.6 cm³/mol. The number of carboxylic acid groups (broad SMARTS) is 1. The summed E-state index contributed by atoms with van der Waals surface area (Å²) in [5.74, 6) is -0.896. The molecule has 0 saturated carbocycles. The van der Waals surface area contributed by atoms with Gasteiger partial charge in [-0.15, -0.1) is 0 Å². The van der Waals surface area contributed by atoms with Crippen molar-refractivity contribution in [1.29, 1.82) is 0 Å². The van der Waals surface area contributed by atoms with Gasteiger partial charge in [-0.1, -0.05) is 17.3 Å². The molecular formula is C15H15N3O3. The van der Waals surface area contributed by atoms with Crippen LogP contribution in [0.5, 0.6) is 0 Å². The van der Waals surface area contributed by atoms with Gasteiger partial charge in [0.1, 0.15) is 12.3 Å². The summed E-state index contributed by atoms with van der Waals surface area (Å²) in [5, 5.41) is 14.4. The van der Waals surface area contributed by atoms with Crippen LogP contribution in [0.15, 0.2) is 47.3 Å². The van der Waals surface area contributed by atoms with Crippen LogP contribution in [0.2, 0.25) is 0 Å². The van der Waals surface area contributed by atoms with Gasteiger partial charge in [-0.2, -0.15) is 0 Å². The van der Waals surface area contributed by atoms with E-state index in [0.717, 1.165) is 16.5 Å². The van der Waals surface area contributed by atoms with Crippen LogP contribution in [0.25, 0.3) is 10.9 Å². The van der Waals surface area contributed by atoms with Gasteiger partial charge in [0.05, 0.1) is 5.69 Å². The van der Waals surface area contributed by atoms with Crippen LogP contribution >= 0.6 is 0 Å². The number of benzene rings is 1. The topological polar surface area (TPSA) is 82.4 Å². The molecule has 2 aromatic heterocycles. The zero-order valence-corrected chi connectivity index (χ0v) is 11.5. The highest BCUT2D eigenvalue weighted by Gasteiger charge is 2.25. The molecule has 0 radical (unpaired) electrons. The molecule has 3 aromatic rings. The van der Waals surface area contributed by atoms with Crippen molar-refractivity contribution >= 4 is 16.9 Å². The summed E-state index contributed by atoms with van der Waals surface area (Å²) in [5.41, 5.74) is 2.35. The van der Waals surface area contributed by atoms with E-state index < -0.39 is 12.0 Å². The third-order valence-electron chi connectivity index (χ3n) is 3.47. The second-order valence-corrected chi connectivity index (χ2v) is 4.97. The Hall–Kier alpha value is -2.60. The van der Waals surface area contributed by atoms with Gasteiger partial charge >= 0.3 is 5.97 Å². The molecule has 108 valence electrons. The lowest BCUT2D eigenvalue weighted by Gasteiger charge is -2.24. The summed E-state index contributed by atoms with van der Waals surface area (Å²) >= 11 is 0. The number of rotatable bonds is 5. The number of aliphatic carboxylic acids is 1. The van der Waals surface area contributed by atoms with Crippen LogP contribution in [-0.4, -0.2) is 33.2 Å². The number of nitrogens with one attached hydrogen (secondary N) is 1. The van der Waals surface area contributed by atoms with Gasteiger partial charge in [0, 0.05) is 24.3 Å². The minimum atomic E-state index is -0.896. The summed E-state index contributed by atoms with van der Waals surface area (Å²) in [6.07, 6.45) is 3.31. The molecule has 6 heteroatoms. The number of carboxylic acids is 1. The quantitative estimate of drug-likeness (QED) is 0.752. The number of nitrogens with zero attached hydrogens (tertiary/aromatic N) is 2. The van der Waals surface area contributed by atoms with Gasteiger partial charge < -0.3 is 14.6 Å². The first kappa shape index (κ1) is 13.4. The molecule has 1 aromatic carbocycles. The van der Waals surface area contributed by atoms with Crippen LogP contribution in [0.4, 0.5) is 0 Å². The van der Waals surface area contributed by atoms with Crippen LogP contribution in [0.1, 0.15) is 17.3 Å². The normalized spacial score (nSPS) is 12.9. The van der Waals surface area contributed by atoms with E-state index >= 15 is 0 Å². The summed E-state index contributed by atoms with van der Waals surface area (Å²) in [6.45, 7) is 0.399. The van der Waals surface area contributed by atoms with E-state index in [-0.39, 0.29) is 0 Å². The fourth-order valence-corrected chi connectivity index (χ4v) is 2.49. The number of likely N-dealkylation sites (N-methyl/N-ethyl adjacent to an activating group) is 1. The van der Waals surface area contributed by atoms with Gasteiger partial charge in [0.2, 0.25) is 0 Å². The first-order valence-electron chi connectivity index (χ1n) is 6.54. The lowest BCUT2D eigenvalue weighted by atomic mass is 10.0. The minimum absolute atomic E-state index is 0.399. The molecule has 0 aliphatic carbocycles. The summed E-state index contributed by atoms with van der Waals surface area (Å²) in [6, 6.07) is 8.56. The molecule has 3 rings (SSSR count). The van der Waals surface area contributed by atoms with E-state index in [1.165, 1.54) is 6.26 Å². The first-order chi connectivity index (χ1) is 10.1. The van der Waals surface area contributed by atoms with Gasteiger partial charge in [0.15, 0.2) is 0 Å². The molecule has 0 spiro atoms. The van der Waals surface area contributed by atoms with Crippen LogP contribution < -0.4 is 0 Å². The highest BCUT2D eigenvalue weighted by molar-refractivity contribution is 5.83. The van der Waals surface area contributed by atoms with E-state index in [0.29, 0.717) is 12.2 Å². The summed E-state index contributed by atoms with van der Waals surface area (Å²) < 4.78 is 4.78. The van der Waals surface area contributed by atoms with Crippen molar-refractivity contribution in [2.75, 3.05) is 7.05 Å². The Kier molecular flexibility index (Phi) is 3.45. The average Bonchev–Trinajstić information content (AvgIpc) is 3.08. The molecule has 0 aliphatic heterocycles. The molecule has 1 atom stereocenters. The van der Waals surface area contributed by atoms with Crippen LogP contribution in [0, 0.1) is 0 Å². The number of aromatic amines is 1. The Morgan fingerprint density at radius 3 is 3.00 bits per heavy atom. The van der Waals surface area contributed by atoms with E-state index in [1.807, 2.05) is 30.5 Å². The minimum Gasteiger partial charge on any atom is -0.480 e. The fraction of sp³-hybridized carbons (Fsp3) is 0.200. The predicted octanol–water partition coefficient (Wildman–Crippen LogP) is 2.41. The second kappa shape index (κ2) is 5.41. The molecule has 1 unspecified atom stereocenters. The lowest BCUT2D eigenvalue weighted by molar-refractivity contribution is -0.143. The SMILES string of the molecule is CN(Cc1ccon1)C(C(=O)O)c1ccc2cc[nH]c2c1. The highest BCUT2D eigenvalue weighted by Crippen LogP contribution is 2.24. The Morgan fingerprint density at radius 2 is 2.29 bits per heavy atom. The van der Waals surface area contributed by atoms with Crippen molar-refractivity contribution in [2.24, 2.45) is 0 Å². The Bertz CT molecular complexity index is 748. The Morgan fingerprint density at radius 1 is 1.43 bits per heavy atom. The number of carbonyl (C=O) groups is 1. The Balaban J connectivity index is 1.91. The number of hydrogen-bond acceptors (Lipinski definition) is 4. The van der Waals surface area contributed by atoms with Gasteiger partial charge in [-0.25, -0.2) is 0 Å². The van der Waals surface area contributed by atoms with E-state index in [2.05, 4.69) is 10.1 Å². The molecule has 0 saturated heterocycles. The molecule has 21 heavy (non-hydrogen) atoms. The zero-order valence-electron chi connectivity index (χ0n) is 11.5. The highest BCUT2D eigenvalue weighted by atomic mass is 16.5. The molecule has 0 amide bonds. The zero-order chi connectivity index (χ0) is 14.8. The van der Waals surface area contributed by atoms with Crippen molar-refractivity contribution in [2.45, 2.75) is 12.6 Å². The molecule has 2 heterocycles. The van der Waals surface area contributed by atoms with Gasteiger partial charge in [0.25, 0.3) is 0 Å². The van der Waals surface area contributed by atoms with Crippen molar-refractivity contribution in [3.63, 3.8) is 0 Å². The van der Waals surface area contributed by atoms with Crippen molar-refractivity contribution in [3.8, 4) is 0 Å². The molecular weight excluding hydrogens is 270 g/mol. The number of fused-ring (bicyclic) bond motifs is 1. The smallest absolute Gasteiger partial charge is 0.325 e. The van der Waals surface area contributed by atoms with Crippen molar-refractivity contribution < 1.29 is 14.4 Å². The molecule has 0 bridgehead atoms. The third kappa shape index (κ3) is 2.66. The summed E-state index contributed by atoms with van der Waals surface area (Å²) in [4.78, 5) is 16.5. The maximum atomic E-state index is 11.6. The molecule has 2 N–H and O–H groups in total. The first-order valence-corrected chi connectivity index (χ1v) is 6.54. The number of aromatic nitrogens is 2. The molecule has 0 fully saturated rings. The lowest BCUT2D eigenvalue weighted by Crippen LogP contribution is -2.30. The molecule has 6 nitrogen and oxygen atoms in total.